The second-order valence-electron chi connectivity index (χ2n) is 6.28. The number of methoxy groups -OCH3 is 1. The molecule has 0 bridgehead atoms. The molecule has 0 atom stereocenters. The average Bonchev–Trinajstić information content (AvgIpc) is 3.25. The molecule has 1 aliphatic heterocycles. The quantitative estimate of drug-likeness (QED) is 0.530. The maximum absolute atomic E-state index is 11.9. The lowest BCUT2D eigenvalue weighted by Gasteiger charge is -2.13. The molecule has 142 valence electrons. The molecule has 3 rings (SSSR count). The molecule has 0 aliphatic carbocycles. The molecule has 0 spiro atoms. The Morgan fingerprint density at radius 1 is 1.11 bits per heavy atom. The fourth-order valence-corrected chi connectivity index (χ4v) is 2.87. The Hall–Kier alpha value is -3.02. The smallest absolute Gasteiger partial charge is 0.263 e. The number of ether oxygens (including phenoxy) is 2. The molecular weight excluding hydrogens is 344 g/mol. The number of likely N-dealkylation sites (tertiary alicyclic amines) is 1. The van der Waals surface area contributed by atoms with E-state index in [2.05, 4.69) is 5.16 Å². The van der Waals surface area contributed by atoms with Crippen LogP contribution in [0.4, 0.5) is 0 Å². The van der Waals surface area contributed by atoms with Crippen molar-refractivity contribution in [2.24, 2.45) is 5.16 Å². The van der Waals surface area contributed by atoms with Gasteiger partial charge in [0.05, 0.1) is 13.3 Å². The number of oxime groups is 1. The number of carbonyl (C=O) groups excluding carboxylic acids is 1. The average molecular weight is 368 g/mol. The van der Waals surface area contributed by atoms with Crippen molar-refractivity contribution in [2.45, 2.75) is 19.4 Å². The minimum atomic E-state index is -0.0358. The van der Waals surface area contributed by atoms with Crippen LogP contribution in [0.5, 0.6) is 11.5 Å². The molecule has 0 radical (unpaired) electrons. The molecule has 27 heavy (non-hydrogen) atoms. The minimum Gasteiger partial charge on any atom is -0.493 e. The van der Waals surface area contributed by atoms with E-state index in [-0.39, 0.29) is 12.5 Å². The van der Waals surface area contributed by atoms with Crippen LogP contribution in [0.15, 0.2) is 53.7 Å². The van der Waals surface area contributed by atoms with E-state index in [4.69, 9.17) is 14.3 Å². The number of hydrogen-bond donors (Lipinski definition) is 0. The summed E-state index contributed by atoms with van der Waals surface area (Å²) in [5.41, 5.74) is 1.88. The summed E-state index contributed by atoms with van der Waals surface area (Å²) in [6, 6.07) is 15.4. The number of carbonyl (C=O) groups is 1. The summed E-state index contributed by atoms with van der Waals surface area (Å²) in [6.45, 7) is 2.05. The van der Waals surface area contributed by atoms with Gasteiger partial charge < -0.3 is 19.2 Å². The summed E-state index contributed by atoms with van der Waals surface area (Å²) in [4.78, 5) is 18.8. The van der Waals surface area contributed by atoms with Gasteiger partial charge >= 0.3 is 0 Å². The van der Waals surface area contributed by atoms with Crippen molar-refractivity contribution >= 4 is 12.1 Å². The van der Waals surface area contributed by atoms with E-state index in [0.717, 1.165) is 37.1 Å². The first-order valence-electron chi connectivity index (χ1n) is 9.04. The Morgan fingerprint density at radius 3 is 2.63 bits per heavy atom. The normalized spacial score (nSPS) is 13.7. The standard InChI is InChI=1S/C21H24N2O4/c1-25-20-13-18(14-22-27-16-21(24)23-11-5-6-12-23)9-10-19(20)26-15-17-7-3-2-4-8-17/h2-4,7-10,13-14H,5-6,11-12,15-16H2,1H3/b22-14-. The molecule has 1 aliphatic rings. The molecule has 0 aromatic heterocycles. The van der Waals surface area contributed by atoms with Crippen LogP contribution in [0.25, 0.3) is 0 Å². The van der Waals surface area contributed by atoms with Gasteiger partial charge in [-0.15, -0.1) is 0 Å². The molecule has 6 heteroatoms. The first-order chi connectivity index (χ1) is 13.3. The van der Waals surface area contributed by atoms with Crippen LogP contribution in [-0.2, 0) is 16.2 Å². The predicted octanol–water partition coefficient (Wildman–Crippen LogP) is 3.25. The molecule has 1 heterocycles. The van der Waals surface area contributed by atoms with Gasteiger partial charge in [-0.1, -0.05) is 35.5 Å². The van der Waals surface area contributed by atoms with Gasteiger partial charge in [0.2, 0.25) is 0 Å². The number of rotatable bonds is 8. The molecular formula is C21H24N2O4. The zero-order valence-electron chi connectivity index (χ0n) is 15.5. The Labute approximate surface area is 159 Å². The first-order valence-corrected chi connectivity index (χ1v) is 9.04. The Bertz CT molecular complexity index is 771. The summed E-state index contributed by atoms with van der Waals surface area (Å²) >= 11 is 0. The van der Waals surface area contributed by atoms with E-state index in [1.807, 2.05) is 48.5 Å². The van der Waals surface area contributed by atoms with Gasteiger partial charge in [0, 0.05) is 18.7 Å². The zero-order chi connectivity index (χ0) is 18.9. The summed E-state index contributed by atoms with van der Waals surface area (Å²) in [7, 11) is 1.59. The second-order valence-corrected chi connectivity index (χ2v) is 6.28. The van der Waals surface area contributed by atoms with Gasteiger partial charge in [0.15, 0.2) is 18.1 Å². The zero-order valence-corrected chi connectivity index (χ0v) is 15.5. The van der Waals surface area contributed by atoms with Crippen molar-refractivity contribution in [2.75, 3.05) is 26.8 Å². The van der Waals surface area contributed by atoms with Gasteiger partial charge in [-0.3, -0.25) is 4.79 Å². The third-order valence-electron chi connectivity index (χ3n) is 4.35. The molecule has 1 amide bonds. The third kappa shape index (κ3) is 5.48. The fourth-order valence-electron chi connectivity index (χ4n) is 2.87. The van der Waals surface area contributed by atoms with Crippen molar-refractivity contribution in [1.29, 1.82) is 0 Å². The molecule has 0 saturated carbocycles. The Balaban J connectivity index is 1.52. The van der Waals surface area contributed by atoms with Crippen molar-refractivity contribution < 1.29 is 19.1 Å². The van der Waals surface area contributed by atoms with Crippen LogP contribution >= 0.6 is 0 Å². The van der Waals surface area contributed by atoms with E-state index in [9.17, 15) is 4.79 Å². The minimum absolute atomic E-state index is 0.0214. The largest absolute Gasteiger partial charge is 0.493 e. The number of benzene rings is 2. The van der Waals surface area contributed by atoms with Gasteiger partial charge in [0.25, 0.3) is 5.91 Å². The van der Waals surface area contributed by atoms with Crippen molar-refractivity contribution in [3.63, 3.8) is 0 Å². The van der Waals surface area contributed by atoms with Gasteiger partial charge in [-0.25, -0.2) is 0 Å². The van der Waals surface area contributed by atoms with Gasteiger partial charge in [0.1, 0.15) is 6.61 Å². The van der Waals surface area contributed by atoms with Crippen LogP contribution in [0.2, 0.25) is 0 Å². The lowest BCUT2D eigenvalue weighted by atomic mass is 10.2. The summed E-state index contributed by atoms with van der Waals surface area (Å²) < 4.78 is 11.2. The topological polar surface area (TPSA) is 60.4 Å². The predicted molar refractivity (Wildman–Crippen MR) is 103 cm³/mol. The van der Waals surface area contributed by atoms with Crippen LogP contribution in [-0.4, -0.2) is 43.8 Å². The monoisotopic (exact) mass is 368 g/mol. The molecule has 2 aromatic rings. The van der Waals surface area contributed by atoms with Crippen molar-refractivity contribution in [1.82, 2.24) is 4.90 Å². The van der Waals surface area contributed by atoms with Crippen LogP contribution in [0, 0.1) is 0 Å². The highest BCUT2D eigenvalue weighted by Crippen LogP contribution is 2.28. The van der Waals surface area contributed by atoms with Crippen molar-refractivity contribution in [3.05, 3.63) is 59.7 Å². The number of hydrogen-bond acceptors (Lipinski definition) is 5. The van der Waals surface area contributed by atoms with E-state index in [1.54, 1.807) is 18.2 Å². The molecule has 1 fully saturated rings. The van der Waals surface area contributed by atoms with Gasteiger partial charge in [-0.05, 0) is 36.6 Å². The molecule has 1 saturated heterocycles. The molecule has 6 nitrogen and oxygen atoms in total. The number of nitrogens with zero attached hydrogens (tertiary/aromatic N) is 2. The SMILES string of the molecule is COc1cc(/C=N\OCC(=O)N2CCCC2)ccc1OCc1ccccc1. The Kier molecular flexibility index (Phi) is 6.68. The van der Waals surface area contributed by atoms with Gasteiger partial charge in [-0.2, -0.15) is 0 Å². The Morgan fingerprint density at radius 2 is 1.89 bits per heavy atom. The van der Waals surface area contributed by atoms with E-state index >= 15 is 0 Å². The highest BCUT2D eigenvalue weighted by atomic mass is 16.6. The maximum Gasteiger partial charge on any atom is 0.263 e. The van der Waals surface area contributed by atoms with Crippen LogP contribution < -0.4 is 9.47 Å². The van der Waals surface area contributed by atoms with E-state index in [1.165, 1.54) is 0 Å². The first kappa shape index (κ1) is 18.8. The summed E-state index contributed by atoms with van der Waals surface area (Å²) in [5.74, 6) is 1.25. The number of amides is 1. The second kappa shape index (κ2) is 9.62. The summed E-state index contributed by atoms with van der Waals surface area (Å²) in [6.07, 6.45) is 3.68. The molecule has 2 aromatic carbocycles. The highest BCUT2D eigenvalue weighted by molar-refractivity contribution is 5.81. The van der Waals surface area contributed by atoms with Crippen molar-refractivity contribution in [3.8, 4) is 11.5 Å². The third-order valence-corrected chi connectivity index (χ3v) is 4.35. The molecule has 0 unspecified atom stereocenters. The lowest BCUT2D eigenvalue weighted by Crippen LogP contribution is -2.30. The van der Waals surface area contributed by atoms with E-state index in [0.29, 0.717) is 18.1 Å². The van der Waals surface area contributed by atoms with E-state index < -0.39 is 0 Å². The highest BCUT2D eigenvalue weighted by Gasteiger charge is 2.17. The lowest BCUT2D eigenvalue weighted by molar-refractivity contribution is -0.134. The fraction of sp³-hybridized carbons (Fsp3) is 0.333. The maximum atomic E-state index is 11.9. The summed E-state index contributed by atoms with van der Waals surface area (Å²) in [5, 5.41) is 3.88. The van der Waals surface area contributed by atoms with Crippen LogP contribution in [0.3, 0.4) is 0 Å². The molecule has 0 N–H and O–H groups in total. The van der Waals surface area contributed by atoms with Crippen LogP contribution in [0.1, 0.15) is 24.0 Å².